The van der Waals surface area contributed by atoms with Gasteiger partial charge in [-0.15, -0.1) is 0 Å². The number of nitrogens with zero attached hydrogens (tertiary/aromatic N) is 2. The molecule has 168 valence electrons. The van der Waals surface area contributed by atoms with Gasteiger partial charge in [0.15, 0.2) is 5.65 Å². The Bertz CT molecular complexity index is 1420. The lowest BCUT2D eigenvalue weighted by molar-refractivity contribution is 0.0950. The summed E-state index contributed by atoms with van der Waals surface area (Å²) in [6, 6.07) is 15.6. The second-order valence-corrected chi connectivity index (χ2v) is 7.28. The van der Waals surface area contributed by atoms with Crippen molar-refractivity contribution >= 4 is 17.1 Å². The van der Waals surface area contributed by atoms with E-state index in [9.17, 15) is 14.4 Å². The lowest BCUT2D eigenvalue weighted by Gasteiger charge is -2.12. The van der Waals surface area contributed by atoms with Crippen LogP contribution in [0.3, 0.4) is 0 Å². The quantitative estimate of drug-likeness (QED) is 0.420. The third kappa shape index (κ3) is 4.62. The third-order valence-corrected chi connectivity index (χ3v) is 5.21. The number of amides is 1. The van der Waals surface area contributed by atoms with Crippen molar-refractivity contribution in [1.29, 1.82) is 0 Å². The zero-order valence-corrected chi connectivity index (χ0v) is 18.1. The lowest BCUT2D eigenvalue weighted by Crippen LogP contribution is -2.36. The van der Waals surface area contributed by atoms with Gasteiger partial charge in [0.1, 0.15) is 11.5 Å². The van der Waals surface area contributed by atoms with E-state index < -0.39 is 11.1 Å². The number of fused-ring (bicyclic) bond motifs is 1. The Morgan fingerprint density at radius 1 is 1.06 bits per heavy atom. The number of carbonyl (C=O) groups is 1. The Labute approximate surface area is 188 Å². The highest BCUT2D eigenvalue weighted by Crippen LogP contribution is 2.23. The van der Waals surface area contributed by atoms with Gasteiger partial charge in [-0.2, -0.15) is 0 Å². The molecule has 0 saturated heterocycles. The fraction of sp³-hybridized carbons (Fsp3) is 0.167. The summed E-state index contributed by atoms with van der Waals surface area (Å²) in [6.45, 7) is 0.417. The molecule has 0 radical (unpaired) electrons. The maximum Gasteiger partial charge on any atom is 0.318 e. The fourth-order valence-corrected chi connectivity index (χ4v) is 3.49. The molecule has 0 fully saturated rings. The first-order valence-corrected chi connectivity index (χ1v) is 10.2. The number of hydrogen-bond acceptors (Lipinski definition) is 6. The third-order valence-electron chi connectivity index (χ3n) is 5.21. The molecule has 2 aromatic carbocycles. The van der Waals surface area contributed by atoms with Crippen LogP contribution in [-0.2, 0) is 13.1 Å². The van der Waals surface area contributed by atoms with E-state index in [1.54, 1.807) is 75.0 Å². The van der Waals surface area contributed by atoms with Gasteiger partial charge in [-0.1, -0.05) is 12.1 Å². The fourth-order valence-electron chi connectivity index (χ4n) is 3.49. The van der Waals surface area contributed by atoms with Crippen LogP contribution < -0.4 is 25.9 Å². The molecule has 9 heteroatoms. The summed E-state index contributed by atoms with van der Waals surface area (Å²) in [7, 11) is 3.14. The van der Waals surface area contributed by atoms with Gasteiger partial charge in [0, 0.05) is 23.9 Å². The summed E-state index contributed by atoms with van der Waals surface area (Å²) < 4.78 is 11.9. The maximum absolute atomic E-state index is 12.6. The molecule has 2 heterocycles. The van der Waals surface area contributed by atoms with Gasteiger partial charge in [-0.25, -0.2) is 4.98 Å². The van der Waals surface area contributed by atoms with Crippen LogP contribution in [0.2, 0.25) is 0 Å². The molecule has 2 N–H and O–H groups in total. The number of rotatable bonds is 7. The number of methoxy groups -OCH3 is 2. The van der Waals surface area contributed by atoms with Crippen LogP contribution in [0.15, 0.2) is 70.4 Å². The van der Waals surface area contributed by atoms with E-state index in [0.29, 0.717) is 28.2 Å². The van der Waals surface area contributed by atoms with E-state index in [4.69, 9.17) is 9.47 Å². The van der Waals surface area contributed by atoms with Crippen LogP contribution in [0.25, 0.3) is 11.2 Å². The Hall–Kier alpha value is -4.40. The first kappa shape index (κ1) is 21.8. The molecule has 0 spiro atoms. The van der Waals surface area contributed by atoms with E-state index in [2.05, 4.69) is 15.3 Å². The van der Waals surface area contributed by atoms with Crippen LogP contribution in [0.4, 0.5) is 0 Å². The summed E-state index contributed by atoms with van der Waals surface area (Å²) in [5.41, 5.74) is 1.47. The number of nitrogens with one attached hydrogen (secondary N) is 2. The summed E-state index contributed by atoms with van der Waals surface area (Å²) in [5, 5.41) is 2.87. The smallest absolute Gasteiger partial charge is 0.318 e. The van der Waals surface area contributed by atoms with Crippen molar-refractivity contribution in [3.63, 3.8) is 0 Å². The van der Waals surface area contributed by atoms with Gasteiger partial charge < -0.3 is 19.8 Å². The molecule has 0 unspecified atom stereocenters. The van der Waals surface area contributed by atoms with E-state index in [0.717, 1.165) is 11.1 Å². The van der Waals surface area contributed by atoms with E-state index >= 15 is 0 Å². The van der Waals surface area contributed by atoms with E-state index in [1.165, 1.54) is 4.57 Å². The van der Waals surface area contributed by atoms with Gasteiger partial charge in [0.05, 0.1) is 26.3 Å². The average molecular weight is 446 g/mol. The van der Waals surface area contributed by atoms with Crippen molar-refractivity contribution in [2.24, 2.45) is 0 Å². The topological polar surface area (TPSA) is 115 Å². The standard InChI is InChI=1S/C24H22N4O5/c1-32-18-9-10-20(33-2)17(12-18)13-26-22(29)16-7-5-15(6-8-16)14-28-21-19(4-3-11-25-21)27-23(30)24(28)31/h3-12H,13-14H2,1-2H3,(H,26,29)(H,27,30). The Morgan fingerprint density at radius 2 is 1.85 bits per heavy atom. The molecule has 2 aromatic heterocycles. The highest BCUT2D eigenvalue weighted by molar-refractivity contribution is 5.94. The molecule has 0 saturated carbocycles. The van der Waals surface area contributed by atoms with Gasteiger partial charge in [0.25, 0.3) is 5.91 Å². The Morgan fingerprint density at radius 3 is 2.58 bits per heavy atom. The molecule has 0 aliphatic rings. The molecule has 4 rings (SSSR count). The van der Waals surface area contributed by atoms with Crippen molar-refractivity contribution in [2.75, 3.05) is 14.2 Å². The minimum atomic E-state index is -0.709. The van der Waals surface area contributed by atoms with Crippen molar-refractivity contribution in [3.05, 3.63) is 98.2 Å². The minimum absolute atomic E-state index is 0.152. The van der Waals surface area contributed by atoms with E-state index in [1.807, 2.05) is 0 Å². The summed E-state index contributed by atoms with van der Waals surface area (Å²) >= 11 is 0. The molecular formula is C24H22N4O5. The lowest BCUT2D eigenvalue weighted by atomic mass is 10.1. The van der Waals surface area contributed by atoms with Crippen LogP contribution in [0.5, 0.6) is 11.5 Å². The maximum atomic E-state index is 12.6. The average Bonchev–Trinajstić information content (AvgIpc) is 2.85. The predicted octanol–water partition coefficient (Wildman–Crippen LogP) is 2.08. The predicted molar refractivity (Wildman–Crippen MR) is 123 cm³/mol. The van der Waals surface area contributed by atoms with Crippen LogP contribution >= 0.6 is 0 Å². The SMILES string of the molecule is COc1ccc(OC)c(CNC(=O)c2ccc(Cn3c(=O)c(=O)[nH]c4cccnc43)cc2)c1. The molecule has 0 aliphatic carbocycles. The van der Waals surface area contributed by atoms with Gasteiger partial charge in [-0.3, -0.25) is 19.0 Å². The monoisotopic (exact) mass is 446 g/mol. The summed E-state index contributed by atoms with van der Waals surface area (Å²) in [5.74, 6) is 1.06. The zero-order valence-electron chi connectivity index (χ0n) is 18.1. The van der Waals surface area contributed by atoms with Crippen molar-refractivity contribution in [1.82, 2.24) is 19.9 Å². The molecule has 1 amide bonds. The number of hydrogen-bond donors (Lipinski definition) is 2. The number of carbonyl (C=O) groups excluding carboxylic acids is 1. The second kappa shape index (κ2) is 9.39. The highest BCUT2D eigenvalue weighted by Gasteiger charge is 2.11. The second-order valence-electron chi connectivity index (χ2n) is 7.28. The minimum Gasteiger partial charge on any atom is -0.497 e. The first-order valence-electron chi connectivity index (χ1n) is 10.2. The van der Waals surface area contributed by atoms with Crippen LogP contribution in [-0.4, -0.2) is 34.7 Å². The molecule has 0 aliphatic heterocycles. The summed E-state index contributed by atoms with van der Waals surface area (Å²) in [4.78, 5) is 43.7. The Balaban J connectivity index is 1.50. The molecule has 9 nitrogen and oxygen atoms in total. The first-order chi connectivity index (χ1) is 16.0. The van der Waals surface area contributed by atoms with Crippen molar-refractivity contribution in [2.45, 2.75) is 13.1 Å². The molecule has 0 atom stereocenters. The molecule has 33 heavy (non-hydrogen) atoms. The molecule has 0 bridgehead atoms. The number of pyridine rings is 1. The number of benzene rings is 2. The summed E-state index contributed by atoms with van der Waals surface area (Å²) in [6.07, 6.45) is 1.56. The van der Waals surface area contributed by atoms with Gasteiger partial charge in [-0.05, 0) is 48.0 Å². The van der Waals surface area contributed by atoms with Crippen LogP contribution in [0.1, 0.15) is 21.5 Å². The molecular weight excluding hydrogens is 424 g/mol. The largest absolute Gasteiger partial charge is 0.497 e. The number of ether oxygens (including phenoxy) is 2. The highest BCUT2D eigenvalue weighted by atomic mass is 16.5. The number of H-pyrrole nitrogens is 1. The zero-order chi connectivity index (χ0) is 23.4. The Kier molecular flexibility index (Phi) is 6.21. The number of aromatic nitrogens is 3. The van der Waals surface area contributed by atoms with Crippen molar-refractivity contribution in [3.8, 4) is 11.5 Å². The van der Waals surface area contributed by atoms with Crippen molar-refractivity contribution < 1.29 is 14.3 Å². The van der Waals surface area contributed by atoms with Gasteiger partial charge >= 0.3 is 11.1 Å². The van der Waals surface area contributed by atoms with Crippen LogP contribution in [0, 0.1) is 0 Å². The van der Waals surface area contributed by atoms with E-state index in [-0.39, 0.29) is 19.0 Å². The number of aromatic amines is 1. The normalized spacial score (nSPS) is 10.7. The molecule has 4 aromatic rings. The van der Waals surface area contributed by atoms with Gasteiger partial charge in [0.2, 0.25) is 0 Å².